The third kappa shape index (κ3) is 7.50. The summed E-state index contributed by atoms with van der Waals surface area (Å²) in [6.07, 6.45) is 3.84. The molecule has 0 aromatic carbocycles. The molecule has 1 atom stereocenters. The first kappa shape index (κ1) is 9.50. The predicted octanol–water partition coefficient (Wildman–Crippen LogP) is 1.24. The second-order valence-electron chi connectivity index (χ2n) is 3.61. The van der Waals surface area contributed by atoms with Crippen LogP contribution in [0.4, 0.5) is 0 Å². The molecule has 0 aromatic heterocycles. The zero-order chi connectivity index (χ0) is 8.20. The van der Waals surface area contributed by atoms with E-state index in [0.29, 0.717) is 0 Å². The van der Waals surface area contributed by atoms with Crippen molar-refractivity contribution < 1.29 is 0 Å². The molecule has 0 saturated heterocycles. The summed E-state index contributed by atoms with van der Waals surface area (Å²) in [6.45, 7) is 8.27. The van der Waals surface area contributed by atoms with Gasteiger partial charge in [-0.2, -0.15) is 0 Å². The van der Waals surface area contributed by atoms with Gasteiger partial charge in [0.15, 0.2) is 0 Å². The smallest absolute Gasteiger partial charge is 0.0283 e. The Morgan fingerprint density at radius 2 is 1.90 bits per heavy atom. The van der Waals surface area contributed by atoms with E-state index in [-0.39, 0.29) is 11.6 Å². The Morgan fingerprint density at radius 3 is 2.20 bits per heavy atom. The van der Waals surface area contributed by atoms with Gasteiger partial charge in [-0.25, -0.2) is 0 Å². The van der Waals surface area contributed by atoms with E-state index in [1.165, 1.54) is 0 Å². The Bertz CT molecular complexity index is 109. The van der Waals surface area contributed by atoms with Crippen LogP contribution in [-0.4, -0.2) is 11.6 Å². The highest BCUT2D eigenvalue weighted by molar-refractivity contribution is 4.90. The van der Waals surface area contributed by atoms with E-state index in [2.05, 4.69) is 26.1 Å². The Hall–Kier alpha value is -0.500. The van der Waals surface area contributed by atoms with Crippen molar-refractivity contribution in [1.82, 2.24) is 5.32 Å². The lowest BCUT2D eigenvalue weighted by atomic mass is 10.1. The first-order valence-electron chi connectivity index (χ1n) is 3.62. The molecule has 0 amide bonds. The van der Waals surface area contributed by atoms with Gasteiger partial charge in [0.25, 0.3) is 0 Å². The minimum Gasteiger partial charge on any atom is -0.387 e. The highest BCUT2D eigenvalue weighted by atomic mass is 14.9. The van der Waals surface area contributed by atoms with Crippen molar-refractivity contribution in [2.45, 2.75) is 39.3 Å². The minimum absolute atomic E-state index is 0.134. The molecule has 2 heteroatoms. The van der Waals surface area contributed by atoms with Crippen LogP contribution in [-0.2, 0) is 0 Å². The fourth-order valence-electron chi connectivity index (χ4n) is 0.450. The first-order chi connectivity index (χ1) is 4.42. The third-order valence-corrected chi connectivity index (χ3v) is 0.916. The Kier molecular flexibility index (Phi) is 3.43. The van der Waals surface area contributed by atoms with Gasteiger partial charge in [0, 0.05) is 11.6 Å². The molecule has 0 bridgehead atoms. The van der Waals surface area contributed by atoms with Crippen molar-refractivity contribution in [3.05, 3.63) is 12.3 Å². The van der Waals surface area contributed by atoms with Gasteiger partial charge in [0.05, 0.1) is 0 Å². The molecule has 0 heterocycles. The molecule has 0 spiro atoms. The van der Waals surface area contributed by atoms with Crippen molar-refractivity contribution in [2.24, 2.45) is 5.73 Å². The van der Waals surface area contributed by atoms with E-state index in [1.807, 2.05) is 19.2 Å². The maximum Gasteiger partial charge on any atom is 0.0283 e. The molecule has 60 valence electrons. The second-order valence-corrected chi connectivity index (χ2v) is 3.61. The van der Waals surface area contributed by atoms with Crippen molar-refractivity contribution >= 4 is 0 Å². The van der Waals surface area contributed by atoms with E-state index in [0.717, 1.165) is 0 Å². The summed E-state index contributed by atoms with van der Waals surface area (Å²) >= 11 is 0. The number of nitrogens with two attached hydrogens (primary N) is 1. The van der Waals surface area contributed by atoms with E-state index < -0.39 is 0 Å². The van der Waals surface area contributed by atoms with Crippen LogP contribution in [0.3, 0.4) is 0 Å². The highest BCUT2D eigenvalue weighted by Gasteiger charge is 2.04. The van der Waals surface area contributed by atoms with Gasteiger partial charge in [0.1, 0.15) is 0 Å². The maximum absolute atomic E-state index is 5.49. The molecule has 0 saturated carbocycles. The monoisotopic (exact) mass is 142 g/mol. The topological polar surface area (TPSA) is 38.0 Å². The summed E-state index contributed by atoms with van der Waals surface area (Å²) in [7, 11) is 0. The van der Waals surface area contributed by atoms with Gasteiger partial charge in [-0.1, -0.05) is 6.08 Å². The molecular formula is C8H18N2. The molecule has 0 radical (unpaired) electrons. The third-order valence-electron chi connectivity index (χ3n) is 0.916. The first-order valence-corrected chi connectivity index (χ1v) is 3.62. The largest absolute Gasteiger partial charge is 0.387 e. The lowest BCUT2D eigenvalue weighted by molar-refractivity contribution is 0.490. The van der Waals surface area contributed by atoms with Gasteiger partial charge in [-0.15, -0.1) is 0 Å². The Balaban J connectivity index is 3.54. The molecule has 0 rings (SSSR count). The zero-order valence-corrected chi connectivity index (χ0v) is 7.31. The molecular weight excluding hydrogens is 124 g/mol. The molecule has 10 heavy (non-hydrogen) atoms. The summed E-state index contributed by atoms with van der Waals surface area (Å²) in [4.78, 5) is 0. The summed E-state index contributed by atoms with van der Waals surface area (Å²) in [5.41, 5.74) is 5.64. The molecule has 0 aliphatic rings. The lowest BCUT2D eigenvalue weighted by Gasteiger charge is -2.18. The maximum atomic E-state index is 5.49. The van der Waals surface area contributed by atoms with Crippen LogP contribution < -0.4 is 11.1 Å². The summed E-state index contributed by atoms with van der Waals surface area (Å²) in [5, 5.41) is 3.19. The van der Waals surface area contributed by atoms with Crippen LogP contribution in [0, 0.1) is 0 Å². The quantitative estimate of drug-likeness (QED) is 0.608. The summed E-state index contributed by atoms with van der Waals surface area (Å²) in [6, 6.07) is 0.134. The van der Waals surface area contributed by atoms with Crippen LogP contribution in [0.5, 0.6) is 0 Å². The predicted molar refractivity (Wildman–Crippen MR) is 45.7 cm³/mol. The molecule has 1 unspecified atom stereocenters. The van der Waals surface area contributed by atoms with E-state index in [1.54, 1.807) is 0 Å². The SMILES string of the molecule is CC(N)/C=C\NC(C)(C)C. The molecule has 0 aliphatic carbocycles. The van der Waals surface area contributed by atoms with Crippen LogP contribution in [0.25, 0.3) is 0 Å². The summed E-state index contributed by atoms with van der Waals surface area (Å²) < 4.78 is 0. The van der Waals surface area contributed by atoms with Gasteiger partial charge < -0.3 is 11.1 Å². The van der Waals surface area contributed by atoms with Crippen molar-refractivity contribution in [2.75, 3.05) is 0 Å². The summed E-state index contributed by atoms with van der Waals surface area (Å²) in [5.74, 6) is 0. The normalized spacial score (nSPS) is 15.7. The van der Waals surface area contributed by atoms with Crippen LogP contribution in [0.2, 0.25) is 0 Å². The molecule has 0 fully saturated rings. The number of nitrogens with one attached hydrogen (secondary N) is 1. The number of rotatable bonds is 2. The lowest BCUT2D eigenvalue weighted by Crippen LogP contribution is -2.31. The molecule has 3 N–H and O–H groups in total. The van der Waals surface area contributed by atoms with Gasteiger partial charge in [-0.3, -0.25) is 0 Å². The zero-order valence-electron chi connectivity index (χ0n) is 7.31. The standard InChI is InChI=1S/C8H18N2/c1-7(9)5-6-10-8(2,3)4/h5-7,10H,9H2,1-4H3/b6-5-. The Morgan fingerprint density at radius 1 is 1.40 bits per heavy atom. The van der Waals surface area contributed by atoms with Crippen LogP contribution in [0.1, 0.15) is 27.7 Å². The molecule has 0 aliphatic heterocycles. The van der Waals surface area contributed by atoms with Gasteiger partial charge in [0.2, 0.25) is 0 Å². The van der Waals surface area contributed by atoms with E-state index in [4.69, 9.17) is 5.73 Å². The fraction of sp³-hybridized carbons (Fsp3) is 0.750. The molecule has 0 aromatic rings. The number of hydrogen-bond acceptors (Lipinski definition) is 2. The minimum atomic E-state index is 0.134. The second kappa shape index (κ2) is 3.62. The van der Waals surface area contributed by atoms with Gasteiger partial charge >= 0.3 is 0 Å². The fourth-order valence-corrected chi connectivity index (χ4v) is 0.450. The van der Waals surface area contributed by atoms with Crippen LogP contribution >= 0.6 is 0 Å². The van der Waals surface area contributed by atoms with E-state index >= 15 is 0 Å². The van der Waals surface area contributed by atoms with Gasteiger partial charge in [-0.05, 0) is 33.9 Å². The van der Waals surface area contributed by atoms with Crippen molar-refractivity contribution in [3.63, 3.8) is 0 Å². The highest BCUT2D eigenvalue weighted by Crippen LogP contribution is 1.97. The van der Waals surface area contributed by atoms with E-state index in [9.17, 15) is 0 Å². The van der Waals surface area contributed by atoms with Crippen LogP contribution in [0.15, 0.2) is 12.3 Å². The average Bonchev–Trinajstić information content (AvgIpc) is 1.59. The average molecular weight is 142 g/mol. The number of hydrogen-bond donors (Lipinski definition) is 2. The van der Waals surface area contributed by atoms with Crippen molar-refractivity contribution in [1.29, 1.82) is 0 Å². The van der Waals surface area contributed by atoms with Crippen molar-refractivity contribution in [3.8, 4) is 0 Å². The Labute approximate surface area is 63.5 Å². The molecule has 2 nitrogen and oxygen atoms in total.